The number of hydrogen-bond donors (Lipinski definition) is 1. The predicted octanol–water partition coefficient (Wildman–Crippen LogP) is 3.68. The molecule has 1 aliphatic carbocycles. The zero-order valence-electron chi connectivity index (χ0n) is 15.6. The summed E-state index contributed by atoms with van der Waals surface area (Å²) in [6.07, 6.45) is 7.30. The van der Waals surface area contributed by atoms with Gasteiger partial charge in [-0.1, -0.05) is 17.7 Å². The summed E-state index contributed by atoms with van der Waals surface area (Å²) in [7, 11) is 0. The van der Waals surface area contributed by atoms with Gasteiger partial charge in [0.25, 0.3) is 5.91 Å². The summed E-state index contributed by atoms with van der Waals surface area (Å²) in [5.41, 5.74) is 3.84. The van der Waals surface area contributed by atoms with Gasteiger partial charge >= 0.3 is 0 Å². The standard InChI is InChI=1S/C21H25ClN4O/c1-13-2-5-16(10-19(13)22)26-20(14-3-4-14)18(12-24-26)21(27)25-15-6-7-17(25)11-23-9-8-15/h2,5,10,12,14-15,17,23H,3-4,6-9,11H2,1H3. The van der Waals surface area contributed by atoms with Gasteiger partial charge in [-0.05, 0) is 63.3 Å². The molecule has 2 aromatic rings. The van der Waals surface area contributed by atoms with Crippen molar-refractivity contribution < 1.29 is 4.79 Å². The summed E-state index contributed by atoms with van der Waals surface area (Å²) in [5.74, 6) is 0.590. The molecule has 2 unspecified atom stereocenters. The molecule has 0 radical (unpaired) electrons. The molecule has 2 bridgehead atoms. The first-order chi connectivity index (χ1) is 13.1. The minimum absolute atomic E-state index is 0.164. The summed E-state index contributed by atoms with van der Waals surface area (Å²) in [6.45, 7) is 3.90. The average Bonchev–Trinajstić information content (AvgIpc) is 3.31. The van der Waals surface area contributed by atoms with Crippen molar-refractivity contribution in [3.63, 3.8) is 0 Å². The van der Waals surface area contributed by atoms with E-state index in [1.165, 1.54) is 0 Å². The molecule has 2 aliphatic heterocycles. The molecule has 0 spiro atoms. The van der Waals surface area contributed by atoms with Crippen LogP contribution < -0.4 is 5.32 Å². The quantitative estimate of drug-likeness (QED) is 0.878. The van der Waals surface area contributed by atoms with E-state index in [-0.39, 0.29) is 5.91 Å². The summed E-state index contributed by atoms with van der Waals surface area (Å²) in [6, 6.07) is 6.67. The van der Waals surface area contributed by atoms with Crippen molar-refractivity contribution in [3.8, 4) is 5.69 Å². The van der Waals surface area contributed by atoms with Gasteiger partial charge in [-0.2, -0.15) is 5.10 Å². The number of benzene rings is 1. The molecular weight excluding hydrogens is 360 g/mol. The van der Waals surface area contributed by atoms with E-state index < -0.39 is 0 Å². The van der Waals surface area contributed by atoms with Crippen LogP contribution >= 0.6 is 11.6 Å². The number of halogens is 1. The number of carbonyl (C=O) groups is 1. The molecule has 3 aliphatic rings. The zero-order chi connectivity index (χ0) is 18.5. The number of aromatic nitrogens is 2. The third-order valence-corrected chi connectivity index (χ3v) is 6.70. The summed E-state index contributed by atoms with van der Waals surface area (Å²) in [4.78, 5) is 15.7. The highest BCUT2D eigenvalue weighted by molar-refractivity contribution is 6.31. The highest BCUT2D eigenvalue weighted by Crippen LogP contribution is 2.43. The molecular formula is C21H25ClN4O. The third kappa shape index (κ3) is 2.97. The highest BCUT2D eigenvalue weighted by atomic mass is 35.5. The SMILES string of the molecule is Cc1ccc(-n2ncc(C(=O)N3C4CCNCC3CC4)c2C2CC2)cc1Cl. The molecule has 3 fully saturated rings. The second-order valence-corrected chi connectivity index (χ2v) is 8.56. The van der Waals surface area contributed by atoms with Gasteiger partial charge in [0.2, 0.25) is 0 Å². The number of aryl methyl sites for hydroxylation is 1. The van der Waals surface area contributed by atoms with Crippen LogP contribution in [0.1, 0.15) is 59.6 Å². The van der Waals surface area contributed by atoms with E-state index >= 15 is 0 Å². The van der Waals surface area contributed by atoms with Crippen molar-refractivity contribution >= 4 is 17.5 Å². The number of fused-ring (bicyclic) bond motifs is 2. The second-order valence-electron chi connectivity index (χ2n) is 8.15. The van der Waals surface area contributed by atoms with E-state index in [0.29, 0.717) is 18.0 Å². The smallest absolute Gasteiger partial charge is 0.257 e. The number of hydrogen-bond acceptors (Lipinski definition) is 3. The molecule has 5 rings (SSSR count). The van der Waals surface area contributed by atoms with Crippen LogP contribution in [0.4, 0.5) is 0 Å². The van der Waals surface area contributed by atoms with Gasteiger partial charge in [0.15, 0.2) is 0 Å². The lowest BCUT2D eigenvalue weighted by Crippen LogP contribution is -2.42. The minimum Gasteiger partial charge on any atom is -0.331 e. The molecule has 27 heavy (non-hydrogen) atoms. The molecule has 6 heteroatoms. The Labute approximate surface area is 164 Å². The number of carbonyl (C=O) groups excluding carboxylic acids is 1. The van der Waals surface area contributed by atoms with Crippen LogP contribution in [0.5, 0.6) is 0 Å². The molecule has 1 saturated carbocycles. The van der Waals surface area contributed by atoms with Gasteiger partial charge in [-0.3, -0.25) is 4.79 Å². The van der Waals surface area contributed by atoms with Crippen molar-refractivity contribution in [2.45, 2.75) is 57.0 Å². The van der Waals surface area contributed by atoms with Crippen molar-refractivity contribution in [2.75, 3.05) is 13.1 Å². The maximum absolute atomic E-state index is 13.6. The Hall–Kier alpha value is -1.85. The van der Waals surface area contributed by atoms with E-state index in [1.807, 2.05) is 29.8 Å². The Kier molecular flexibility index (Phi) is 4.25. The zero-order valence-corrected chi connectivity index (χ0v) is 16.4. The van der Waals surface area contributed by atoms with E-state index in [4.69, 9.17) is 11.6 Å². The first kappa shape index (κ1) is 17.3. The number of nitrogens with one attached hydrogen (secondary N) is 1. The number of amides is 1. The normalized spacial score (nSPS) is 24.9. The molecule has 1 aromatic heterocycles. The Morgan fingerprint density at radius 3 is 2.78 bits per heavy atom. The van der Waals surface area contributed by atoms with Crippen molar-refractivity contribution in [2.24, 2.45) is 0 Å². The lowest BCUT2D eigenvalue weighted by molar-refractivity contribution is 0.0679. The fourth-order valence-electron chi connectivity index (χ4n) is 4.64. The fraction of sp³-hybridized carbons (Fsp3) is 0.524. The van der Waals surface area contributed by atoms with Crippen LogP contribution in [0.15, 0.2) is 24.4 Å². The largest absolute Gasteiger partial charge is 0.331 e. The Balaban J connectivity index is 1.54. The van der Waals surface area contributed by atoms with Crippen molar-refractivity contribution in [1.29, 1.82) is 0 Å². The molecule has 2 atom stereocenters. The summed E-state index contributed by atoms with van der Waals surface area (Å²) in [5, 5.41) is 8.83. The molecule has 3 heterocycles. The lowest BCUT2D eigenvalue weighted by Gasteiger charge is -2.28. The van der Waals surface area contributed by atoms with Gasteiger partial charge < -0.3 is 10.2 Å². The van der Waals surface area contributed by atoms with Crippen LogP contribution in [-0.2, 0) is 0 Å². The maximum atomic E-state index is 13.6. The Morgan fingerprint density at radius 2 is 2.00 bits per heavy atom. The predicted molar refractivity (Wildman–Crippen MR) is 106 cm³/mol. The van der Waals surface area contributed by atoms with Gasteiger partial charge in [-0.15, -0.1) is 0 Å². The third-order valence-electron chi connectivity index (χ3n) is 6.29. The number of nitrogens with zero attached hydrogens (tertiary/aromatic N) is 3. The van der Waals surface area contributed by atoms with Crippen LogP contribution in [0.25, 0.3) is 5.69 Å². The van der Waals surface area contributed by atoms with Gasteiger partial charge in [0, 0.05) is 29.6 Å². The van der Waals surface area contributed by atoms with Crippen LogP contribution in [0, 0.1) is 6.92 Å². The Morgan fingerprint density at radius 1 is 1.19 bits per heavy atom. The second kappa shape index (κ2) is 6.64. The van der Waals surface area contributed by atoms with Crippen LogP contribution in [-0.4, -0.2) is 45.8 Å². The molecule has 1 N–H and O–H groups in total. The monoisotopic (exact) mass is 384 g/mol. The first-order valence-electron chi connectivity index (χ1n) is 10.0. The van der Waals surface area contributed by atoms with E-state index in [1.54, 1.807) is 6.20 Å². The van der Waals surface area contributed by atoms with Gasteiger partial charge in [-0.25, -0.2) is 4.68 Å². The first-order valence-corrected chi connectivity index (χ1v) is 10.4. The van der Waals surface area contributed by atoms with E-state index in [2.05, 4.69) is 15.3 Å². The van der Waals surface area contributed by atoms with Gasteiger partial charge in [0.1, 0.15) is 0 Å². The average molecular weight is 385 g/mol. The molecule has 1 amide bonds. The van der Waals surface area contributed by atoms with Crippen LogP contribution in [0.2, 0.25) is 5.02 Å². The molecule has 2 saturated heterocycles. The van der Waals surface area contributed by atoms with Crippen molar-refractivity contribution in [3.05, 3.63) is 46.2 Å². The molecule has 5 nitrogen and oxygen atoms in total. The van der Waals surface area contributed by atoms with E-state index in [9.17, 15) is 4.79 Å². The topological polar surface area (TPSA) is 50.2 Å². The Bertz CT molecular complexity index is 874. The molecule has 1 aromatic carbocycles. The maximum Gasteiger partial charge on any atom is 0.257 e. The van der Waals surface area contributed by atoms with Gasteiger partial charge in [0.05, 0.1) is 23.1 Å². The fourth-order valence-corrected chi connectivity index (χ4v) is 4.82. The summed E-state index contributed by atoms with van der Waals surface area (Å²) >= 11 is 6.34. The minimum atomic E-state index is 0.164. The lowest BCUT2D eigenvalue weighted by atomic mass is 10.1. The van der Waals surface area contributed by atoms with Crippen molar-refractivity contribution in [1.82, 2.24) is 20.0 Å². The van der Waals surface area contributed by atoms with Crippen LogP contribution in [0.3, 0.4) is 0 Å². The highest BCUT2D eigenvalue weighted by Gasteiger charge is 2.41. The molecule has 142 valence electrons. The summed E-state index contributed by atoms with van der Waals surface area (Å²) < 4.78 is 1.94. The van der Waals surface area contributed by atoms with E-state index in [0.717, 1.165) is 72.7 Å². The number of rotatable bonds is 3.